The molecule has 2 N–H and O–H groups in total. The van der Waals surface area contributed by atoms with E-state index in [1.807, 2.05) is 0 Å². The summed E-state index contributed by atoms with van der Waals surface area (Å²) in [6.07, 6.45) is 0.569. The van der Waals surface area contributed by atoms with Crippen LogP contribution in [0.3, 0.4) is 0 Å². The number of rotatable bonds is 2. The molecular weight excluding hydrogens is 146 g/mol. The molecule has 11 heavy (non-hydrogen) atoms. The first-order valence-electron chi connectivity index (χ1n) is 2.81. The van der Waals surface area contributed by atoms with Gasteiger partial charge >= 0.3 is 0 Å². The van der Waals surface area contributed by atoms with Crippen LogP contribution in [-0.2, 0) is 9.59 Å². The van der Waals surface area contributed by atoms with Crippen LogP contribution in [0.1, 0.15) is 6.42 Å². The molecular formula is C6H11N3O2. The molecule has 0 radical (unpaired) electrons. The fourth-order valence-electron chi connectivity index (χ4n) is 0.0779. The van der Waals surface area contributed by atoms with E-state index >= 15 is 0 Å². The van der Waals surface area contributed by atoms with Crippen molar-refractivity contribution in [3.05, 3.63) is 0 Å². The van der Waals surface area contributed by atoms with Gasteiger partial charge < -0.3 is 10.6 Å². The van der Waals surface area contributed by atoms with Gasteiger partial charge in [0.15, 0.2) is 0 Å². The largest absolute Gasteiger partial charge is 0.369 e. The third-order valence-corrected chi connectivity index (χ3v) is 0.464. The van der Waals surface area contributed by atoms with E-state index in [0.29, 0.717) is 0 Å². The minimum atomic E-state index is -0.572. The second-order valence-electron chi connectivity index (χ2n) is 1.87. The lowest BCUT2D eigenvalue weighted by Gasteiger charge is -1.93. The normalized spacial score (nSPS) is 6.64. The average molecular weight is 157 g/mol. The molecule has 5 nitrogen and oxygen atoms in total. The molecule has 0 aliphatic rings. The maximum absolute atomic E-state index is 9.60. The fourth-order valence-corrected chi connectivity index (χ4v) is 0.0779. The maximum Gasteiger partial charge on any atom is 0.231 e. The second kappa shape index (κ2) is 8.43. The summed E-state index contributed by atoms with van der Waals surface area (Å²) in [6, 6.07) is 1.59. The summed E-state index contributed by atoms with van der Waals surface area (Å²) in [6.45, 7) is 0. The number of carbonyl (C=O) groups excluding carboxylic acids is 2. The monoisotopic (exact) mass is 157 g/mol. The molecule has 2 amide bonds. The summed E-state index contributed by atoms with van der Waals surface area (Å²) in [4.78, 5) is 20.5. The van der Waals surface area contributed by atoms with Crippen molar-refractivity contribution in [1.82, 2.24) is 4.90 Å². The molecule has 0 fully saturated rings. The lowest BCUT2D eigenvalue weighted by Crippen LogP contribution is -2.07. The summed E-state index contributed by atoms with van der Waals surface area (Å²) < 4.78 is 0. The van der Waals surface area contributed by atoms with Gasteiger partial charge in [-0.1, -0.05) is 0 Å². The van der Waals surface area contributed by atoms with Crippen molar-refractivity contribution >= 4 is 12.3 Å². The molecule has 0 atom stereocenters. The smallest absolute Gasteiger partial charge is 0.231 e. The van der Waals surface area contributed by atoms with E-state index in [1.165, 1.54) is 4.90 Å². The molecule has 0 aliphatic heterocycles. The number of amides is 2. The Labute approximate surface area is 65.4 Å². The average Bonchev–Trinajstić information content (AvgIpc) is 1.89. The highest BCUT2D eigenvalue weighted by Crippen LogP contribution is 1.64. The third-order valence-electron chi connectivity index (χ3n) is 0.464. The summed E-state index contributed by atoms with van der Waals surface area (Å²) >= 11 is 0. The van der Waals surface area contributed by atoms with Crippen LogP contribution >= 0.6 is 0 Å². The Morgan fingerprint density at radius 2 is 2.09 bits per heavy atom. The van der Waals surface area contributed by atoms with E-state index in [2.05, 4.69) is 5.73 Å². The van der Waals surface area contributed by atoms with Gasteiger partial charge in [-0.2, -0.15) is 5.26 Å². The quantitative estimate of drug-likeness (QED) is 0.526. The first-order valence-corrected chi connectivity index (χ1v) is 2.81. The van der Waals surface area contributed by atoms with Crippen LogP contribution in [0.4, 0.5) is 0 Å². The zero-order valence-electron chi connectivity index (χ0n) is 6.57. The van der Waals surface area contributed by atoms with Crippen LogP contribution in [0.5, 0.6) is 0 Å². The van der Waals surface area contributed by atoms with Gasteiger partial charge in [-0.3, -0.25) is 9.59 Å². The van der Waals surface area contributed by atoms with Crippen LogP contribution in [0, 0.1) is 11.3 Å². The summed E-state index contributed by atoms with van der Waals surface area (Å²) in [7, 11) is 3.38. The lowest BCUT2D eigenvalue weighted by molar-refractivity contribution is -0.117. The highest BCUT2D eigenvalue weighted by Gasteiger charge is 1.84. The van der Waals surface area contributed by atoms with Crippen molar-refractivity contribution in [2.24, 2.45) is 5.73 Å². The van der Waals surface area contributed by atoms with Gasteiger partial charge in [-0.15, -0.1) is 0 Å². The van der Waals surface area contributed by atoms with Crippen LogP contribution in [0.25, 0.3) is 0 Å². The molecule has 0 aliphatic carbocycles. The predicted molar refractivity (Wildman–Crippen MR) is 39.2 cm³/mol. The molecule has 0 heterocycles. The zero-order chi connectivity index (χ0) is 9.28. The van der Waals surface area contributed by atoms with Gasteiger partial charge in [0.25, 0.3) is 0 Å². The van der Waals surface area contributed by atoms with Crippen molar-refractivity contribution in [2.45, 2.75) is 6.42 Å². The molecule has 0 aromatic carbocycles. The molecule has 5 heteroatoms. The van der Waals surface area contributed by atoms with E-state index in [9.17, 15) is 9.59 Å². The Balaban J connectivity index is 0. The minimum absolute atomic E-state index is 0.181. The SMILES string of the molecule is CN(C)C=O.N#CCC(N)=O. The first kappa shape index (κ1) is 12.1. The van der Waals surface area contributed by atoms with E-state index in [0.717, 1.165) is 6.41 Å². The zero-order valence-corrected chi connectivity index (χ0v) is 6.57. The Kier molecular flexibility index (Phi) is 9.30. The molecule has 0 unspecified atom stereocenters. The summed E-state index contributed by atoms with van der Waals surface area (Å²) in [5, 5.41) is 7.69. The van der Waals surface area contributed by atoms with Crippen molar-refractivity contribution in [2.75, 3.05) is 14.1 Å². The molecule has 62 valence electrons. The van der Waals surface area contributed by atoms with Gasteiger partial charge in [-0.25, -0.2) is 0 Å². The summed E-state index contributed by atoms with van der Waals surface area (Å²) in [5.41, 5.74) is 4.54. The molecule has 0 saturated heterocycles. The number of hydrogen-bond acceptors (Lipinski definition) is 3. The van der Waals surface area contributed by atoms with E-state index in [-0.39, 0.29) is 6.42 Å². The van der Waals surface area contributed by atoms with Crippen molar-refractivity contribution in [3.8, 4) is 6.07 Å². The molecule has 0 bridgehead atoms. The number of nitrogens with zero attached hydrogens (tertiary/aromatic N) is 2. The fraction of sp³-hybridized carbons (Fsp3) is 0.500. The van der Waals surface area contributed by atoms with Crippen molar-refractivity contribution in [3.63, 3.8) is 0 Å². The Hall–Kier alpha value is -1.57. The standard InChI is InChI=1S/C3H4N2O.C3H7NO/c4-2-1-3(5)6;1-4(2)3-5/h1H2,(H2,5,6);3H,1-2H3. The van der Waals surface area contributed by atoms with Gasteiger partial charge in [0.2, 0.25) is 12.3 Å². The highest BCUT2D eigenvalue weighted by molar-refractivity contribution is 5.75. The first-order chi connectivity index (χ1) is 5.04. The Morgan fingerprint density at radius 1 is 1.73 bits per heavy atom. The highest BCUT2D eigenvalue weighted by atomic mass is 16.1. The van der Waals surface area contributed by atoms with Crippen molar-refractivity contribution in [1.29, 1.82) is 5.26 Å². The number of nitriles is 1. The predicted octanol–water partition coefficient (Wildman–Crippen LogP) is -0.910. The number of primary amides is 1. The molecule has 0 rings (SSSR count). The van der Waals surface area contributed by atoms with Gasteiger partial charge in [0.05, 0.1) is 6.07 Å². The van der Waals surface area contributed by atoms with Crippen LogP contribution in [0.15, 0.2) is 0 Å². The minimum Gasteiger partial charge on any atom is -0.369 e. The van der Waals surface area contributed by atoms with E-state index < -0.39 is 5.91 Å². The van der Waals surface area contributed by atoms with Crippen LogP contribution in [0.2, 0.25) is 0 Å². The topological polar surface area (TPSA) is 87.2 Å². The number of carbonyl (C=O) groups is 2. The second-order valence-corrected chi connectivity index (χ2v) is 1.87. The number of nitrogens with two attached hydrogens (primary N) is 1. The van der Waals surface area contributed by atoms with Crippen LogP contribution < -0.4 is 5.73 Å². The Morgan fingerprint density at radius 3 is 2.09 bits per heavy atom. The van der Waals surface area contributed by atoms with Gasteiger partial charge in [-0.05, 0) is 0 Å². The number of hydrogen-bond donors (Lipinski definition) is 1. The van der Waals surface area contributed by atoms with Crippen LogP contribution in [-0.4, -0.2) is 31.3 Å². The molecule has 0 saturated carbocycles. The van der Waals surface area contributed by atoms with E-state index in [1.54, 1.807) is 20.2 Å². The van der Waals surface area contributed by atoms with Crippen molar-refractivity contribution < 1.29 is 9.59 Å². The molecule has 0 aromatic rings. The third kappa shape index (κ3) is 29.6. The molecule has 0 spiro atoms. The lowest BCUT2D eigenvalue weighted by atomic mass is 10.5. The van der Waals surface area contributed by atoms with E-state index in [4.69, 9.17) is 5.26 Å². The Bertz CT molecular complexity index is 160. The molecule has 0 aromatic heterocycles. The maximum atomic E-state index is 9.60. The van der Waals surface area contributed by atoms with Gasteiger partial charge in [0, 0.05) is 14.1 Å². The van der Waals surface area contributed by atoms with Gasteiger partial charge in [0.1, 0.15) is 6.42 Å². The summed E-state index contributed by atoms with van der Waals surface area (Å²) in [5.74, 6) is -0.572.